The highest BCUT2D eigenvalue weighted by Crippen LogP contribution is 2.41. The highest BCUT2D eigenvalue weighted by molar-refractivity contribution is 5.93. The lowest BCUT2D eigenvalue weighted by Crippen LogP contribution is -2.49. The lowest BCUT2D eigenvalue weighted by atomic mass is 9.82. The number of rotatable bonds is 4. The van der Waals surface area contributed by atoms with Gasteiger partial charge in [0.1, 0.15) is 5.82 Å². The average molecular weight is 330 g/mol. The van der Waals surface area contributed by atoms with Crippen LogP contribution < -0.4 is 5.32 Å². The molecule has 2 aliphatic rings. The molecule has 2 aromatic rings. The van der Waals surface area contributed by atoms with E-state index in [1.54, 1.807) is 6.07 Å². The Morgan fingerprint density at radius 3 is 2.79 bits per heavy atom. The average Bonchev–Trinajstić information content (AvgIpc) is 3.32. The number of carbonyl (C=O) groups excluding carboxylic acids is 1. The van der Waals surface area contributed by atoms with E-state index in [-0.39, 0.29) is 17.5 Å². The Morgan fingerprint density at radius 1 is 1.29 bits per heavy atom. The predicted octanol–water partition coefficient (Wildman–Crippen LogP) is 3.13. The molecule has 0 bridgehead atoms. The van der Waals surface area contributed by atoms with Crippen LogP contribution in [0.25, 0.3) is 0 Å². The molecule has 2 heterocycles. The van der Waals surface area contributed by atoms with Gasteiger partial charge in [0.05, 0.1) is 11.2 Å². The minimum atomic E-state index is -0.648. The first-order valence-corrected chi connectivity index (χ1v) is 8.28. The van der Waals surface area contributed by atoms with Crippen molar-refractivity contribution in [3.05, 3.63) is 53.5 Å². The molecule has 0 atom stereocenters. The molecule has 0 radical (unpaired) electrons. The standard InChI is InChI=1S/C18H19FN2O3/c19-14-3-1-2-13(10-14)18(6-8-23-9-7-18)21-17(22)16-15(12-4-5-12)20-11-24-16/h1-3,10-12H,4-9H2,(H,21,22). The van der Waals surface area contributed by atoms with Gasteiger partial charge in [-0.2, -0.15) is 0 Å². The maximum atomic E-state index is 13.7. The normalized spacial score (nSPS) is 19.9. The van der Waals surface area contributed by atoms with E-state index in [2.05, 4.69) is 10.3 Å². The van der Waals surface area contributed by atoms with E-state index >= 15 is 0 Å². The van der Waals surface area contributed by atoms with Gasteiger partial charge in [-0.25, -0.2) is 9.37 Å². The van der Waals surface area contributed by atoms with Crippen LogP contribution in [0.15, 0.2) is 35.1 Å². The van der Waals surface area contributed by atoms with E-state index in [4.69, 9.17) is 9.15 Å². The molecule has 1 aliphatic heterocycles. The molecule has 126 valence electrons. The fourth-order valence-corrected chi connectivity index (χ4v) is 3.34. The second-order valence-corrected chi connectivity index (χ2v) is 6.50. The number of hydrogen-bond donors (Lipinski definition) is 1. The van der Waals surface area contributed by atoms with Gasteiger partial charge < -0.3 is 14.5 Å². The predicted molar refractivity (Wildman–Crippen MR) is 84.1 cm³/mol. The quantitative estimate of drug-likeness (QED) is 0.935. The summed E-state index contributed by atoms with van der Waals surface area (Å²) in [7, 11) is 0. The molecule has 5 nitrogen and oxygen atoms in total. The summed E-state index contributed by atoms with van der Waals surface area (Å²) < 4.78 is 24.5. The molecule has 1 saturated carbocycles. The monoisotopic (exact) mass is 330 g/mol. The number of oxazole rings is 1. The van der Waals surface area contributed by atoms with Crippen LogP contribution in [0.2, 0.25) is 0 Å². The van der Waals surface area contributed by atoms with Crippen molar-refractivity contribution in [2.75, 3.05) is 13.2 Å². The van der Waals surface area contributed by atoms with Crippen molar-refractivity contribution < 1.29 is 18.3 Å². The minimum absolute atomic E-state index is 0.278. The topological polar surface area (TPSA) is 64.4 Å². The minimum Gasteiger partial charge on any atom is -0.438 e. The van der Waals surface area contributed by atoms with Gasteiger partial charge in [-0.1, -0.05) is 12.1 Å². The Kier molecular flexibility index (Phi) is 3.84. The van der Waals surface area contributed by atoms with E-state index < -0.39 is 5.54 Å². The molecule has 1 aromatic heterocycles. The van der Waals surface area contributed by atoms with Crippen molar-refractivity contribution in [2.24, 2.45) is 0 Å². The van der Waals surface area contributed by atoms with Gasteiger partial charge in [0, 0.05) is 19.1 Å². The van der Waals surface area contributed by atoms with Gasteiger partial charge in [-0.15, -0.1) is 0 Å². The highest BCUT2D eigenvalue weighted by atomic mass is 19.1. The second kappa shape index (κ2) is 6.02. The molecule has 4 rings (SSSR count). The third-order valence-electron chi connectivity index (χ3n) is 4.84. The maximum absolute atomic E-state index is 13.7. The number of nitrogens with one attached hydrogen (secondary N) is 1. The van der Waals surface area contributed by atoms with E-state index in [9.17, 15) is 9.18 Å². The van der Waals surface area contributed by atoms with Gasteiger partial charge >= 0.3 is 0 Å². The van der Waals surface area contributed by atoms with Gasteiger partial charge in [0.2, 0.25) is 5.76 Å². The Bertz CT molecular complexity index is 748. The van der Waals surface area contributed by atoms with Crippen molar-refractivity contribution in [2.45, 2.75) is 37.1 Å². The molecule has 1 N–H and O–H groups in total. The number of hydrogen-bond acceptors (Lipinski definition) is 4. The smallest absolute Gasteiger partial charge is 0.289 e. The van der Waals surface area contributed by atoms with Gasteiger partial charge in [0.15, 0.2) is 6.39 Å². The third kappa shape index (κ3) is 2.82. The summed E-state index contributed by atoms with van der Waals surface area (Å²) in [6.45, 7) is 1.03. The molecule has 1 amide bonds. The Hall–Kier alpha value is -2.21. The number of aromatic nitrogens is 1. The molecule has 6 heteroatoms. The Labute approximate surface area is 139 Å². The molecule has 1 aromatic carbocycles. The first-order chi connectivity index (χ1) is 11.7. The summed E-state index contributed by atoms with van der Waals surface area (Å²) in [6, 6.07) is 6.39. The number of halogens is 1. The van der Waals surface area contributed by atoms with Gasteiger partial charge in [-0.05, 0) is 43.4 Å². The molecular weight excluding hydrogens is 311 g/mol. The van der Waals surface area contributed by atoms with Crippen LogP contribution in [0.5, 0.6) is 0 Å². The van der Waals surface area contributed by atoms with Crippen molar-refractivity contribution in [3.63, 3.8) is 0 Å². The molecule has 1 aliphatic carbocycles. The van der Waals surface area contributed by atoms with Crippen LogP contribution in [-0.2, 0) is 10.3 Å². The summed E-state index contributed by atoms with van der Waals surface area (Å²) >= 11 is 0. The number of benzene rings is 1. The van der Waals surface area contributed by atoms with Crippen LogP contribution >= 0.6 is 0 Å². The zero-order valence-electron chi connectivity index (χ0n) is 13.3. The van der Waals surface area contributed by atoms with Crippen molar-refractivity contribution in [3.8, 4) is 0 Å². The van der Waals surface area contributed by atoms with Crippen LogP contribution in [0, 0.1) is 5.82 Å². The SMILES string of the molecule is O=C(NC1(c2cccc(F)c2)CCOCC1)c1ocnc1C1CC1. The van der Waals surface area contributed by atoms with E-state index in [0.717, 1.165) is 24.1 Å². The molecule has 24 heavy (non-hydrogen) atoms. The summed E-state index contributed by atoms with van der Waals surface area (Å²) in [5.74, 6) is -0.00408. The zero-order valence-corrected chi connectivity index (χ0v) is 13.3. The summed E-state index contributed by atoms with van der Waals surface area (Å²) in [6.07, 6.45) is 4.58. The lowest BCUT2D eigenvalue weighted by Gasteiger charge is -2.38. The van der Waals surface area contributed by atoms with Gasteiger partial charge in [-0.3, -0.25) is 4.79 Å². The maximum Gasteiger partial charge on any atom is 0.289 e. The third-order valence-corrected chi connectivity index (χ3v) is 4.84. The molecule has 2 fully saturated rings. The molecule has 0 spiro atoms. The van der Waals surface area contributed by atoms with Crippen LogP contribution in [-0.4, -0.2) is 24.1 Å². The van der Waals surface area contributed by atoms with E-state index in [1.807, 2.05) is 6.07 Å². The highest BCUT2D eigenvalue weighted by Gasteiger charge is 2.39. The van der Waals surface area contributed by atoms with E-state index in [0.29, 0.717) is 32.0 Å². The lowest BCUT2D eigenvalue weighted by molar-refractivity contribution is 0.0336. The first-order valence-electron chi connectivity index (χ1n) is 8.28. The van der Waals surface area contributed by atoms with Gasteiger partial charge in [0.25, 0.3) is 5.91 Å². The zero-order chi connectivity index (χ0) is 16.6. The van der Waals surface area contributed by atoms with E-state index in [1.165, 1.54) is 18.5 Å². The number of nitrogens with zero attached hydrogens (tertiary/aromatic N) is 1. The summed E-state index contributed by atoms with van der Waals surface area (Å²) in [4.78, 5) is 17.0. The van der Waals surface area contributed by atoms with Crippen LogP contribution in [0.3, 0.4) is 0 Å². The van der Waals surface area contributed by atoms with Crippen LogP contribution in [0.4, 0.5) is 4.39 Å². The molecular formula is C18H19FN2O3. The molecule has 0 unspecified atom stereocenters. The summed E-state index contributed by atoms with van der Waals surface area (Å²) in [5, 5.41) is 3.08. The van der Waals surface area contributed by atoms with Crippen molar-refractivity contribution >= 4 is 5.91 Å². The number of amides is 1. The molecule has 1 saturated heterocycles. The largest absolute Gasteiger partial charge is 0.438 e. The fraction of sp³-hybridized carbons (Fsp3) is 0.444. The van der Waals surface area contributed by atoms with Crippen molar-refractivity contribution in [1.82, 2.24) is 10.3 Å². The Morgan fingerprint density at radius 2 is 2.08 bits per heavy atom. The van der Waals surface area contributed by atoms with Crippen molar-refractivity contribution in [1.29, 1.82) is 0 Å². The summed E-state index contributed by atoms with van der Waals surface area (Å²) in [5.41, 5.74) is 0.839. The number of ether oxygens (including phenoxy) is 1. The fourth-order valence-electron chi connectivity index (χ4n) is 3.34. The first kappa shape index (κ1) is 15.3. The second-order valence-electron chi connectivity index (χ2n) is 6.50. The number of carbonyl (C=O) groups is 1. The van der Waals surface area contributed by atoms with Crippen LogP contribution in [0.1, 0.15) is 53.4 Å². The Balaban J connectivity index is 1.64.